The Morgan fingerprint density at radius 1 is 1.29 bits per heavy atom. The summed E-state index contributed by atoms with van der Waals surface area (Å²) >= 11 is 1.41. The average Bonchev–Trinajstić information content (AvgIpc) is 2.87. The average molecular weight is 406 g/mol. The van der Waals surface area contributed by atoms with Crippen LogP contribution in [-0.2, 0) is 19.1 Å². The first-order valence-corrected chi connectivity index (χ1v) is 10.3. The van der Waals surface area contributed by atoms with Crippen LogP contribution in [0.4, 0.5) is 0 Å². The lowest BCUT2D eigenvalue weighted by Crippen LogP contribution is -2.35. The molecule has 1 fully saturated rings. The van der Waals surface area contributed by atoms with Crippen LogP contribution in [-0.4, -0.2) is 54.5 Å². The zero-order valence-electron chi connectivity index (χ0n) is 16.8. The van der Waals surface area contributed by atoms with Gasteiger partial charge in [-0.2, -0.15) is 0 Å². The van der Waals surface area contributed by atoms with Crippen LogP contribution in [0, 0.1) is 13.8 Å². The number of amides is 2. The SMILES string of the molecule is COC(=O)CSC1CCCN(C(=O)/C=C/c2cc(C)c(C)c(OC)c2)C(=O)C1. The van der Waals surface area contributed by atoms with Gasteiger partial charge >= 0.3 is 5.97 Å². The van der Waals surface area contributed by atoms with Gasteiger partial charge in [0.25, 0.3) is 5.91 Å². The summed E-state index contributed by atoms with van der Waals surface area (Å²) in [5.74, 6) is 0.162. The van der Waals surface area contributed by atoms with Gasteiger partial charge in [0.15, 0.2) is 0 Å². The van der Waals surface area contributed by atoms with Gasteiger partial charge in [-0.1, -0.05) is 6.07 Å². The minimum Gasteiger partial charge on any atom is -0.496 e. The number of rotatable bonds is 6. The minimum atomic E-state index is -0.319. The molecule has 152 valence electrons. The topological polar surface area (TPSA) is 72.9 Å². The molecule has 28 heavy (non-hydrogen) atoms. The maximum atomic E-state index is 12.6. The molecule has 1 aromatic carbocycles. The Hall–Kier alpha value is -2.28. The summed E-state index contributed by atoms with van der Waals surface area (Å²) in [7, 11) is 2.96. The van der Waals surface area contributed by atoms with Gasteiger partial charge in [-0.25, -0.2) is 0 Å². The van der Waals surface area contributed by atoms with E-state index in [2.05, 4.69) is 4.74 Å². The number of carbonyl (C=O) groups excluding carboxylic acids is 3. The van der Waals surface area contributed by atoms with Gasteiger partial charge in [0, 0.05) is 24.3 Å². The number of aryl methyl sites for hydroxylation is 1. The number of esters is 1. The van der Waals surface area contributed by atoms with Crippen LogP contribution in [0.2, 0.25) is 0 Å². The Morgan fingerprint density at radius 2 is 2.04 bits per heavy atom. The van der Waals surface area contributed by atoms with Crippen LogP contribution in [0.3, 0.4) is 0 Å². The number of thioether (sulfide) groups is 1. The molecule has 0 saturated carbocycles. The van der Waals surface area contributed by atoms with Crippen molar-refractivity contribution in [3.8, 4) is 5.75 Å². The summed E-state index contributed by atoms with van der Waals surface area (Å²) in [6.07, 6.45) is 4.90. The summed E-state index contributed by atoms with van der Waals surface area (Å²) in [4.78, 5) is 37.7. The van der Waals surface area contributed by atoms with Crippen LogP contribution in [0.15, 0.2) is 18.2 Å². The second-order valence-electron chi connectivity index (χ2n) is 6.74. The fourth-order valence-corrected chi connectivity index (χ4v) is 4.13. The van der Waals surface area contributed by atoms with Crippen LogP contribution >= 0.6 is 11.8 Å². The zero-order valence-corrected chi connectivity index (χ0v) is 17.6. The van der Waals surface area contributed by atoms with Crippen LogP contribution in [0.5, 0.6) is 5.75 Å². The van der Waals surface area contributed by atoms with E-state index in [4.69, 9.17) is 4.74 Å². The highest BCUT2D eigenvalue weighted by molar-refractivity contribution is 8.00. The van der Waals surface area contributed by atoms with Crippen molar-refractivity contribution in [1.29, 1.82) is 0 Å². The van der Waals surface area contributed by atoms with Crippen molar-refractivity contribution < 1.29 is 23.9 Å². The molecule has 1 saturated heterocycles. The van der Waals surface area contributed by atoms with Gasteiger partial charge in [-0.15, -0.1) is 11.8 Å². The fraction of sp³-hybridized carbons (Fsp3) is 0.476. The summed E-state index contributed by atoms with van der Waals surface area (Å²) < 4.78 is 10.0. The van der Waals surface area contributed by atoms with Crippen molar-refractivity contribution in [1.82, 2.24) is 4.90 Å². The smallest absolute Gasteiger partial charge is 0.315 e. The Morgan fingerprint density at radius 3 is 2.71 bits per heavy atom. The van der Waals surface area contributed by atoms with Gasteiger partial charge < -0.3 is 9.47 Å². The number of methoxy groups -OCH3 is 2. The summed E-state index contributed by atoms with van der Waals surface area (Å²) in [5, 5.41) is 0.0254. The molecule has 0 bridgehead atoms. The normalized spacial score (nSPS) is 17.5. The predicted molar refractivity (Wildman–Crippen MR) is 110 cm³/mol. The third kappa shape index (κ3) is 5.86. The van der Waals surface area contributed by atoms with E-state index >= 15 is 0 Å². The van der Waals surface area contributed by atoms with Gasteiger partial charge in [-0.05, 0) is 55.5 Å². The Balaban J connectivity index is 2.02. The van der Waals surface area contributed by atoms with Crippen LogP contribution < -0.4 is 4.74 Å². The molecule has 1 heterocycles. The molecule has 0 spiro atoms. The fourth-order valence-electron chi connectivity index (χ4n) is 3.05. The number of likely N-dealkylation sites (tertiary alicyclic amines) is 1. The number of imide groups is 1. The molecule has 7 heteroatoms. The largest absolute Gasteiger partial charge is 0.496 e. The van der Waals surface area contributed by atoms with E-state index in [9.17, 15) is 14.4 Å². The molecule has 0 aliphatic carbocycles. The second kappa shape index (κ2) is 10.3. The summed E-state index contributed by atoms with van der Waals surface area (Å²) in [6.45, 7) is 4.37. The number of carbonyl (C=O) groups is 3. The zero-order chi connectivity index (χ0) is 20.7. The molecule has 0 aromatic heterocycles. The van der Waals surface area contributed by atoms with Gasteiger partial charge in [0.2, 0.25) is 5.91 Å². The van der Waals surface area contributed by atoms with Crippen molar-refractivity contribution in [3.63, 3.8) is 0 Å². The maximum Gasteiger partial charge on any atom is 0.315 e. The Kier molecular flexibility index (Phi) is 8.11. The Labute approximate surface area is 170 Å². The number of hydrogen-bond acceptors (Lipinski definition) is 6. The molecular formula is C21H27NO5S. The minimum absolute atomic E-state index is 0.0254. The Bertz CT molecular complexity index is 774. The summed E-state index contributed by atoms with van der Waals surface area (Å²) in [6, 6.07) is 3.85. The number of benzene rings is 1. The van der Waals surface area contributed by atoms with Crippen molar-refractivity contribution in [2.75, 3.05) is 26.5 Å². The third-order valence-corrected chi connectivity index (χ3v) is 6.10. The monoisotopic (exact) mass is 405 g/mol. The van der Waals surface area contributed by atoms with Crippen molar-refractivity contribution in [3.05, 3.63) is 34.9 Å². The quantitative estimate of drug-likeness (QED) is 0.535. The van der Waals surface area contributed by atoms with Gasteiger partial charge in [0.05, 0.1) is 20.0 Å². The van der Waals surface area contributed by atoms with E-state index in [1.165, 1.54) is 29.8 Å². The van der Waals surface area contributed by atoms with Gasteiger partial charge in [0.1, 0.15) is 5.75 Å². The second-order valence-corrected chi connectivity index (χ2v) is 8.03. The molecule has 6 nitrogen and oxygen atoms in total. The molecule has 1 atom stereocenters. The molecule has 1 aliphatic heterocycles. The molecular weight excluding hydrogens is 378 g/mol. The van der Waals surface area contributed by atoms with E-state index in [0.29, 0.717) is 6.54 Å². The molecule has 1 aromatic rings. The number of nitrogens with zero attached hydrogens (tertiary/aromatic N) is 1. The molecule has 0 N–H and O–H groups in total. The van der Waals surface area contributed by atoms with Gasteiger partial charge in [-0.3, -0.25) is 19.3 Å². The number of ether oxygens (including phenoxy) is 2. The van der Waals surface area contributed by atoms with E-state index < -0.39 is 0 Å². The van der Waals surface area contributed by atoms with E-state index in [1.54, 1.807) is 13.2 Å². The first-order chi connectivity index (χ1) is 13.3. The van der Waals surface area contributed by atoms with Crippen molar-refractivity contribution in [2.45, 2.75) is 38.4 Å². The molecule has 2 rings (SSSR count). The molecule has 1 unspecified atom stereocenters. The third-order valence-electron chi connectivity index (χ3n) is 4.82. The maximum absolute atomic E-state index is 12.6. The molecule has 1 aliphatic rings. The lowest BCUT2D eigenvalue weighted by Gasteiger charge is -2.17. The van der Waals surface area contributed by atoms with Crippen molar-refractivity contribution in [2.24, 2.45) is 0 Å². The van der Waals surface area contributed by atoms with Crippen LogP contribution in [0.25, 0.3) is 6.08 Å². The number of hydrogen-bond donors (Lipinski definition) is 0. The highest BCUT2D eigenvalue weighted by Crippen LogP contribution is 2.26. The van der Waals surface area contributed by atoms with E-state index in [-0.39, 0.29) is 35.2 Å². The summed E-state index contributed by atoms with van der Waals surface area (Å²) in [5.41, 5.74) is 2.98. The first kappa shape index (κ1) is 22.0. The van der Waals surface area contributed by atoms with Crippen molar-refractivity contribution >= 4 is 35.6 Å². The van der Waals surface area contributed by atoms with E-state index in [1.807, 2.05) is 26.0 Å². The highest BCUT2D eigenvalue weighted by Gasteiger charge is 2.27. The first-order valence-electron chi connectivity index (χ1n) is 9.21. The molecule has 2 amide bonds. The lowest BCUT2D eigenvalue weighted by atomic mass is 10.0. The van der Waals surface area contributed by atoms with Crippen LogP contribution in [0.1, 0.15) is 36.0 Å². The standard InChI is InChI=1S/C21H27NO5S/c1-14-10-16(11-18(26-3)15(14)2)7-8-19(23)22-9-5-6-17(12-20(22)24)28-13-21(25)27-4/h7-8,10-11,17H,5-6,9,12-13H2,1-4H3/b8-7+. The predicted octanol–water partition coefficient (Wildman–Crippen LogP) is 3.14. The highest BCUT2D eigenvalue weighted by atomic mass is 32.2. The lowest BCUT2D eigenvalue weighted by molar-refractivity contribution is -0.141. The molecule has 0 radical (unpaired) electrons. The van der Waals surface area contributed by atoms with E-state index in [0.717, 1.165) is 35.3 Å².